The number of benzene rings is 1. The van der Waals surface area contributed by atoms with Gasteiger partial charge in [0.1, 0.15) is 10.8 Å². The van der Waals surface area contributed by atoms with Crippen LogP contribution in [0.3, 0.4) is 0 Å². The molecular weight excluding hydrogens is 305 g/mol. The van der Waals surface area contributed by atoms with Crippen LogP contribution in [-0.4, -0.2) is 29.2 Å². The van der Waals surface area contributed by atoms with Crippen LogP contribution >= 0.6 is 11.3 Å². The first-order valence-electron chi connectivity index (χ1n) is 7.11. The van der Waals surface area contributed by atoms with Gasteiger partial charge in [-0.25, -0.2) is 19.2 Å². The van der Waals surface area contributed by atoms with Crippen LogP contribution in [0.15, 0.2) is 29.6 Å². The molecule has 7 heteroatoms. The van der Waals surface area contributed by atoms with Gasteiger partial charge in [0.15, 0.2) is 0 Å². The monoisotopic (exact) mass is 321 g/mol. The molecule has 0 bridgehead atoms. The van der Waals surface area contributed by atoms with Gasteiger partial charge in [0, 0.05) is 10.9 Å². The van der Waals surface area contributed by atoms with Crippen molar-refractivity contribution >= 4 is 17.4 Å². The standard InChI is InChI=1S/C15H16FN3O2S/c16-12-6-2-1-5-11(12)13-10-22-14(18-13)9-17-15(20)19-7-3-4-8-21-19/h1-2,5-6,10H,3-4,7-9H2,(H,17,20). The van der Waals surface area contributed by atoms with Gasteiger partial charge < -0.3 is 5.32 Å². The summed E-state index contributed by atoms with van der Waals surface area (Å²) in [5.41, 5.74) is 1.05. The predicted octanol–water partition coefficient (Wildman–Crippen LogP) is 3.19. The minimum Gasteiger partial charge on any atom is -0.330 e. The van der Waals surface area contributed by atoms with Gasteiger partial charge >= 0.3 is 6.03 Å². The van der Waals surface area contributed by atoms with Crippen molar-refractivity contribution in [2.45, 2.75) is 19.4 Å². The van der Waals surface area contributed by atoms with E-state index in [0.717, 1.165) is 17.8 Å². The molecule has 2 aromatic rings. The molecule has 22 heavy (non-hydrogen) atoms. The molecule has 0 aliphatic carbocycles. The summed E-state index contributed by atoms with van der Waals surface area (Å²) in [6.45, 7) is 1.48. The quantitative estimate of drug-likeness (QED) is 0.944. The first-order chi connectivity index (χ1) is 10.7. The minimum absolute atomic E-state index is 0.262. The molecule has 1 aliphatic heterocycles. The van der Waals surface area contributed by atoms with E-state index in [1.54, 1.807) is 23.6 Å². The Bertz CT molecular complexity index is 656. The number of carbonyl (C=O) groups excluding carboxylic acids is 1. The molecule has 5 nitrogen and oxygen atoms in total. The zero-order chi connectivity index (χ0) is 15.4. The number of nitrogens with one attached hydrogen (secondary N) is 1. The normalized spacial score (nSPS) is 14.9. The average molecular weight is 321 g/mol. The Morgan fingerprint density at radius 3 is 3.05 bits per heavy atom. The lowest BCUT2D eigenvalue weighted by Gasteiger charge is -2.25. The summed E-state index contributed by atoms with van der Waals surface area (Å²) >= 11 is 1.39. The fraction of sp³-hybridized carbons (Fsp3) is 0.333. The highest BCUT2D eigenvalue weighted by Crippen LogP contribution is 2.24. The van der Waals surface area contributed by atoms with Crippen molar-refractivity contribution in [2.24, 2.45) is 0 Å². The zero-order valence-corrected chi connectivity index (χ0v) is 12.7. The van der Waals surface area contributed by atoms with E-state index in [4.69, 9.17) is 4.84 Å². The van der Waals surface area contributed by atoms with Gasteiger partial charge in [-0.15, -0.1) is 11.3 Å². The zero-order valence-electron chi connectivity index (χ0n) is 11.9. The third-order valence-corrected chi connectivity index (χ3v) is 4.17. The molecule has 0 radical (unpaired) electrons. The van der Waals surface area contributed by atoms with E-state index in [2.05, 4.69) is 10.3 Å². The molecule has 1 aromatic heterocycles. The molecule has 0 unspecified atom stereocenters. The van der Waals surface area contributed by atoms with Crippen LogP contribution in [0.5, 0.6) is 0 Å². The SMILES string of the molecule is O=C(NCc1nc(-c2ccccc2F)cs1)N1CCCCO1. The topological polar surface area (TPSA) is 54.5 Å². The molecule has 0 spiro atoms. The Hall–Kier alpha value is -1.99. The van der Waals surface area contributed by atoms with Crippen LogP contribution < -0.4 is 5.32 Å². The largest absolute Gasteiger partial charge is 0.341 e. The van der Waals surface area contributed by atoms with E-state index in [-0.39, 0.29) is 11.8 Å². The van der Waals surface area contributed by atoms with E-state index in [0.29, 0.717) is 31.0 Å². The lowest BCUT2D eigenvalue weighted by Crippen LogP contribution is -2.42. The number of hydrogen-bond donors (Lipinski definition) is 1. The van der Waals surface area contributed by atoms with Gasteiger partial charge in [0.2, 0.25) is 0 Å². The predicted molar refractivity (Wildman–Crippen MR) is 81.6 cm³/mol. The Labute approximate surface area is 131 Å². The van der Waals surface area contributed by atoms with Crippen molar-refractivity contribution in [1.29, 1.82) is 0 Å². The molecule has 1 fully saturated rings. The molecule has 2 amide bonds. The third kappa shape index (κ3) is 3.42. The van der Waals surface area contributed by atoms with Gasteiger partial charge in [-0.3, -0.25) is 4.84 Å². The van der Waals surface area contributed by atoms with Gasteiger partial charge in [-0.05, 0) is 25.0 Å². The lowest BCUT2D eigenvalue weighted by atomic mass is 10.2. The summed E-state index contributed by atoms with van der Waals surface area (Å²) in [6.07, 6.45) is 1.92. The molecule has 116 valence electrons. The molecule has 1 aliphatic rings. The van der Waals surface area contributed by atoms with Gasteiger partial charge in [0.05, 0.1) is 25.4 Å². The van der Waals surface area contributed by atoms with E-state index >= 15 is 0 Å². The maximum Gasteiger partial charge on any atom is 0.341 e. The average Bonchev–Trinajstić information content (AvgIpc) is 3.02. The van der Waals surface area contributed by atoms with E-state index < -0.39 is 0 Å². The van der Waals surface area contributed by atoms with Crippen molar-refractivity contribution in [3.05, 3.63) is 40.5 Å². The fourth-order valence-corrected chi connectivity index (χ4v) is 2.91. The Morgan fingerprint density at radius 2 is 2.27 bits per heavy atom. The van der Waals surface area contributed by atoms with Crippen LogP contribution in [0.25, 0.3) is 11.3 Å². The third-order valence-electron chi connectivity index (χ3n) is 3.32. The van der Waals surface area contributed by atoms with Gasteiger partial charge in [-0.1, -0.05) is 12.1 Å². The molecule has 1 saturated heterocycles. The van der Waals surface area contributed by atoms with Crippen LogP contribution in [0.2, 0.25) is 0 Å². The molecular formula is C15H16FN3O2S. The second-order valence-corrected chi connectivity index (χ2v) is 5.85. The summed E-state index contributed by atoms with van der Waals surface area (Å²) < 4.78 is 13.7. The highest BCUT2D eigenvalue weighted by Gasteiger charge is 2.17. The number of nitrogens with zero attached hydrogens (tertiary/aromatic N) is 2. The van der Waals surface area contributed by atoms with Gasteiger partial charge in [0.25, 0.3) is 0 Å². The summed E-state index contributed by atoms with van der Waals surface area (Å²) in [6, 6.07) is 6.25. The molecule has 0 saturated carbocycles. The number of amides is 2. The van der Waals surface area contributed by atoms with Crippen molar-refractivity contribution in [3.8, 4) is 11.3 Å². The molecule has 2 heterocycles. The first kappa shape index (κ1) is 14.9. The first-order valence-corrected chi connectivity index (χ1v) is 7.99. The van der Waals surface area contributed by atoms with Crippen molar-refractivity contribution in [1.82, 2.24) is 15.4 Å². The second-order valence-electron chi connectivity index (χ2n) is 4.91. The number of carbonyl (C=O) groups is 1. The Morgan fingerprint density at radius 1 is 1.41 bits per heavy atom. The smallest absolute Gasteiger partial charge is 0.330 e. The summed E-state index contributed by atoms with van der Waals surface area (Å²) in [7, 11) is 0. The number of thiazole rings is 1. The number of hydrogen-bond acceptors (Lipinski definition) is 4. The van der Waals surface area contributed by atoms with Crippen LogP contribution in [0.1, 0.15) is 17.8 Å². The Kier molecular flexibility index (Phi) is 4.65. The number of aromatic nitrogens is 1. The van der Waals surface area contributed by atoms with E-state index in [9.17, 15) is 9.18 Å². The number of rotatable bonds is 3. The number of hydroxylamine groups is 2. The molecule has 3 rings (SSSR count). The molecule has 0 atom stereocenters. The lowest BCUT2D eigenvalue weighted by molar-refractivity contribution is -0.139. The number of halogens is 1. The Balaban J connectivity index is 1.60. The van der Waals surface area contributed by atoms with Crippen LogP contribution in [0.4, 0.5) is 9.18 Å². The van der Waals surface area contributed by atoms with E-state index in [1.165, 1.54) is 22.5 Å². The number of urea groups is 1. The highest BCUT2D eigenvalue weighted by atomic mass is 32.1. The second kappa shape index (κ2) is 6.85. The van der Waals surface area contributed by atoms with Crippen LogP contribution in [0, 0.1) is 5.82 Å². The maximum atomic E-state index is 13.7. The van der Waals surface area contributed by atoms with E-state index in [1.807, 2.05) is 0 Å². The minimum atomic E-state index is -0.301. The fourth-order valence-electron chi connectivity index (χ4n) is 2.18. The summed E-state index contributed by atoms with van der Waals surface area (Å²) in [5.74, 6) is -0.301. The highest BCUT2D eigenvalue weighted by molar-refractivity contribution is 7.09. The molecule has 1 N–H and O–H groups in total. The molecule has 1 aromatic carbocycles. The van der Waals surface area contributed by atoms with Gasteiger partial charge in [-0.2, -0.15) is 0 Å². The van der Waals surface area contributed by atoms with Crippen molar-refractivity contribution < 1.29 is 14.0 Å². The van der Waals surface area contributed by atoms with Crippen molar-refractivity contribution in [3.63, 3.8) is 0 Å². The summed E-state index contributed by atoms with van der Waals surface area (Å²) in [4.78, 5) is 21.5. The van der Waals surface area contributed by atoms with Crippen LogP contribution in [-0.2, 0) is 11.4 Å². The maximum absolute atomic E-state index is 13.7. The van der Waals surface area contributed by atoms with Crippen molar-refractivity contribution in [2.75, 3.05) is 13.2 Å². The summed E-state index contributed by atoms with van der Waals surface area (Å²) in [5, 5.41) is 6.62.